The Balaban J connectivity index is 1.54. The molecule has 1 fully saturated rings. The highest BCUT2D eigenvalue weighted by molar-refractivity contribution is 7.14. The topological polar surface area (TPSA) is 99.0 Å². The summed E-state index contributed by atoms with van der Waals surface area (Å²) in [4.78, 5) is 37.8. The molecule has 0 aliphatic carbocycles. The number of benzene rings is 1. The number of carbonyl (C=O) groups excluding carboxylic acids is 2. The van der Waals surface area contributed by atoms with E-state index >= 15 is 0 Å². The highest BCUT2D eigenvalue weighted by Crippen LogP contribution is 2.21. The van der Waals surface area contributed by atoms with E-state index < -0.39 is 4.92 Å². The summed E-state index contributed by atoms with van der Waals surface area (Å²) in [5.41, 5.74) is -0.0972. The van der Waals surface area contributed by atoms with Gasteiger partial charge in [0.1, 0.15) is 5.75 Å². The lowest BCUT2D eigenvalue weighted by molar-refractivity contribution is -0.384. The van der Waals surface area contributed by atoms with E-state index in [4.69, 9.17) is 9.47 Å². The maximum Gasteiger partial charge on any atom is 0.273 e. The Hall–Kier alpha value is -2.78. The van der Waals surface area contributed by atoms with E-state index in [-0.39, 0.29) is 36.2 Å². The molecule has 2 heterocycles. The van der Waals surface area contributed by atoms with Gasteiger partial charge in [0.05, 0.1) is 35.5 Å². The molecule has 0 unspecified atom stereocenters. The van der Waals surface area contributed by atoms with Gasteiger partial charge < -0.3 is 14.4 Å². The molecule has 1 aliphatic rings. The molecule has 0 atom stereocenters. The van der Waals surface area contributed by atoms with Gasteiger partial charge in [0.15, 0.2) is 6.61 Å². The SMILES string of the molecule is O=C(COc1cccc([N+](=O)[O-])c1)c1ccc(CC(=O)N2CCOCC2)s1. The van der Waals surface area contributed by atoms with Crippen LogP contribution in [0.5, 0.6) is 5.75 Å². The van der Waals surface area contributed by atoms with Crippen molar-refractivity contribution in [3.05, 3.63) is 56.3 Å². The standard InChI is InChI=1S/C18H18N2O6S/c21-16(12-26-14-3-1-2-13(10-14)20(23)24)17-5-4-15(27-17)11-18(22)19-6-8-25-9-7-19/h1-5,10H,6-9,11-12H2. The van der Waals surface area contributed by atoms with Crippen LogP contribution >= 0.6 is 11.3 Å². The Morgan fingerprint density at radius 1 is 1.22 bits per heavy atom. The molecule has 8 nitrogen and oxygen atoms in total. The number of hydrogen-bond donors (Lipinski definition) is 0. The first kappa shape index (κ1) is 19.0. The maximum absolute atomic E-state index is 12.3. The second kappa shape index (κ2) is 8.74. The fraction of sp³-hybridized carbons (Fsp3) is 0.333. The van der Waals surface area contributed by atoms with E-state index in [1.165, 1.54) is 29.5 Å². The molecule has 0 saturated carbocycles. The van der Waals surface area contributed by atoms with Crippen LogP contribution < -0.4 is 4.74 Å². The van der Waals surface area contributed by atoms with E-state index in [2.05, 4.69) is 0 Å². The Kier molecular flexibility index (Phi) is 6.15. The van der Waals surface area contributed by atoms with Crippen molar-refractivity contribution in [3.8, 4) is 5.75 Å². The summed E-state index contributed by atoms with van der Waals surface area (Å²) < 4.78 is 10.6. The van der Waals surface area contributed by atoms with Gasteiger partial charge in [0, 0.05) is 24.0 Å². The first-order valence-corrected chi connectivity index (χ1v) is 9.19. The lowest BCUT2D eigenvalue weighted by Crippen LogP contribution is -2.41. The van der Waals surface area contributed by atoms with Crippen molar-refractivity contribution < 1.29 is 24.0 Å². The number of nitro groups is 1. The van der Waals surface area contributed by atoms with E-state index in [0.717, 1.165) is 4.88 Å². The molecular weight excluding hydrogens is 372 g/mol. The summed E-state index contributed by atoms with van der Waals surface area (Å²) >= 11 is 1.26. The largest absolute Gasteiger partial charge is 0.485 e. The van der Waals surface area contributed by atoms with Crippen LogP contribution in [0.3, 0.4) is 0 Å². The first-order valence-electron chi connectivity index (χ1n) is 8.37. The summed E-state index contributed by atoms with van der Waals surface area (Å²) in [7, 11) is 0. The molecule has 1 amide bonds. The lowest BCUT2D eigenvalue weighted by atomic mass is 10.2. The molecule has 1 saturated heterocycles. The van der Waals surface area contributed by atoms with Gasteiger partial charge in [-0.3, -0.25) is 19.7 Å². The van der Waals surface area contributed by atoms with Crippen LogP contribution in [0, 0.1) is 10.1 Å². The molecule has 1 aliphatic heterocycles. The molecule has 3 rings (SSSR count). The third-order valence-electron chi connectivity index (χ3n) is 4.02. The zero-order valence-electron chi connectivity index (χ0n) is 14.5. The number of thiophene rings is 1. The fourth-order valence-corrected chi connectivity index (χ4v) is 3.53. The van der Waals surface area contributed by atoms with Gasteiger partial charge in [0.2, 0.25) is 11.7 Å². The van der Waals surface area contributed by atoms with Crippen LogP contribution in [-0.2, 0) is 16.0 Å². The van der Waals surface area contributed by atoms with Gasteiger partial charge in [-0.1, -0.05) is 6.07 Å². The molecule has 27 heavy (non-hydrogen) atoms. The number of carbonyl (C=O) groups is 2. The summed E-state index contributed by atoms with van der Waals surface area (Å²) in [6.45, 7) is 2.06. The molecule has 1 aromatic heterocycles. The van der Waals surface area contributed by atoms with Crippen molar-refractivity contribution in [1.82, 2.24) is 4.90 Å². The predicted octanol–water partition coefficient (Wildman–Crippen LogP) is 2.32. The molecule has 2 aromatic rings. The summed E-state index contributed by atoms with van der Waals surface area (Å²) in [5.74, 6) is 0.0420. The summed E-state index contributed by atoms with van der Waals surface area (Å²) in [6.07, 6.45) is 0.254. The van der Waals surface area contributed by atoms with Crippen molar-refractivity contribution >= 4 is 28.7 Å². The predicted molar refractivity (Wildman–Crippen MR) is 98.3 cm³/mol. The van der Waals surface area contributed by atoms with E-state index in [1.54, 1.807) is 23.1 Å². The quantitative estimate of drug-likeness (QED) is 0.409. The Morgan fingerprint density at radius 2 is 2.00 bits per heavy atom. The number of non-ortho nitro benzene ring substituents is 1. The number of rotatable bonds is 7. The normalized spacial score (nSPS) is 14.0. The molecule has 0 radical (unpaired) electrons. The molecule has 142 valence electrons. The number of nitrogens with zero attached hydrogens (tertiary/aromatic N) is 2. The molecule has 0 bridgehead atoms. The van der Waals surface area contributed by atoms with Crippen LogP contribution in [0.25, 0.3) is 0 Å². The van der Waals surface area contributed by atoms with Crippen molar-refractivity contribution in [2.24, 2.45) is 0 Å². The second-order valence-corrected chi connectivity index (χ2v) is 7.07. The van der Waals surface area contributed by atoms with Crippen LogP contribution in [0.1, 0.15) is 14.5 Å². The highest BCUT2D eigenvalue weighted by atomic mass is 32.1. The molecule has 1 aromatic carbocycles. The zero-order valence-corrected chi connectivity index (χ0v) is 15.3. The molecule has 0 N–H and O–H groups in total. The van der Waals surface area contributed by atoms with Gasteiger partial charge in [-0.25, -0.2) is 0 Å². The van der Waals surface area contributed by atoms with E-state index in [0.29, 0.717) is 31.2 Å². The number of hydrogen-bond acceptors (Lipinski definition) is 7. The van der Waals surface area contributed by atoms with Crippen molar-refractivity contribution in [2.75, 3.05) is 32.9 Å². The maximum atomic E-state index is 12.3. The van der Waals surface area contributed by atoms with E-state index in [9.17, 15) is 19.7 Å². The van der Waals surface area contributed by atoms with Gasteiger partial charge in [0.25, 0.3) is 5.69 Å². The number of morpholine rings is 1. The van der Waals surface area contributed by atoms with Crippen LogP contribution in [0.15, 0.2) is 36.4 Å². The number of ketones is 1. The smallest absolute Gasteiger partial charge is 0.273 e. The van der Waals surface area contributed by atoms with Crippen molar-refractivity contribution in [2.45, 2.75) is 6.42 Å². The third kappa shape index (κ3) is 5.11. The van der Waals surface area contributed by atoms with E-state index in [1.807, 2.05) is 0 Å². The number of Topliss-reactive ketones (excluding diaryl/α,β-unsaturated/α-hetero) is 1. The Bertz CT molecular complexity index is 844. The minimum atomic E-state index is -0.522. The van der Waals surface area contributed by atoms with Crippen molar-refractivity contribution in [3.63, 3.8) is 0 Å². The second-order valence-electron chi connectivity index (χ2n) is 5.90. The van der Waals surface area contributed by atoms with Crippen LogP contribution in [0.2, 0.25) is 0 Å². The summed E-state index contributed by atoms with van der Waals surface area (Å²) in [5, 5.41) is 10.8. The Labute approximate surface area is 159 Å². The summed E-state index contributed by atoms with van der Waals surface area (Å²) in [6, 6.07) is 9.12. The Morgan fingerprint density at radius 3 is 2.74 bits per heavy atom. The van der Waals surface area contributed by atoms with Gasteiger partial charge in [-0.2, -0.15) is 0 Å². The highest BCUT2D eigenvalue weighted by Gasteiger charge is 2.19. The van der Waals surface area contributed by atoms with Crippen molar-refractivity contribution in [1.29, 1.82) is 0 Å². The number of ether oxygens (including phenoxy) is 2. The molecular formula is C18H18N2O6S. The monoisotopic (exact) mass is 390 g/mol. The fourth-order valence-electron chi connectivity index (χ4n) is 2.60. The molecule has 9 heteroatoms. The minimum absolute atomic E-state index is 0.0204. The number of nitro benzene ring substituents is 1. The first-order chi connectivity index (χ1) is 13.0. The average molecular weight is 390 g/mol. The average Bonchev–Trinajstić information content (AvgIpc) is 3.15. The molecule has 0 spiro atoms. The number of amides is 1. The zero-order chi connectivity index (χ0) is 19.2. The lowest BCUT2D eigenvalue weighted by Gasteiger charge is -2.26. The van der Waals surface area contributed by atoms with Crippen LogP contribution in [-0.4, -0.2) is 54.4 Å². The van der Waals surface area contributed by atoms with Crippen LogP contribution in [0.4, 0.5) is 5.69 Å². The van der Waals surface area contributed by atoms with Gasteiger partial charge >= 0.3 is 0 Å². The van der Waals surface area contributed by atoms with Gasteiger partial charge in [-0.05, 0) is 18.2 Å². The third-order valence-corrected chi connectivity index (χ3v) is 5.15. The van der Waals surface area contributed by atoms with Gasteiger partial charge in [-0.15, -0.1) is 11.3 Å². The minimum Gasteiger partial charge on any atom is -0.485 e.